The number of hydrogen-bond donors (Lipinski definition) is 0. The van der Waals surface area contributed by atoms with E-state index in [1.54, 1.807) is 6.92 Å². The number of esters is 1. The Labute approximate surface area is 259 Å². The molecule has 42 heavy (non-hydrogen) atoms. The number of carbonyl (C=O) groups is 1. The number of hydrazone groups is 2. The Morgan fingerprint density at radius 2 is 1.45 bits per heavy atom. The first-order chi connectivity index (χ1) is 20.2. The van der Waals surface area contributed by atoms with Gasteiger partial charge in [-0.1, -0.05) is 103 Å². The lowest BCUT2D eigenvalue weighted by molar-refractivity contribution is -0.134. The largest absolute Gasteiger partial charge is 0.461 e. The maximum atomic E-state index is 13.2. The second-order valence-electron chi connectivity index (χ2n) is 11.1. The molecule has 8 heteroatoms. The minimum atomic E-state index is -1.04. The summed E-state index contributed by atoms with van der Waals surface area (Å²) in [5.41, 5.74) is 6.78. The maximum absolute atomic E-state index is 13.2. The molecule has 0 bridgehead atoms. The monoisotopic (exact) mass is 638 g/mol. The van der Waals surface area contributed by atoms with Gasteiger partial charge in [-0.15, -0.1) is 0 Å². The Morgan fingerprint density at radius 3 is 2.12 bits per heavy atom. The number of anilines is 2. The van der Waals surface area contributed by atoms with Gasteiger partial charge in [0.05, 0.1) is 23.7 Å². The highest BCUT2D eigenvalue weighted by atomic mass is 79.9. The molecular weight excluding hydrogens is 608 g/mol. The van der Waals surface area contributed by atoms with Crippen molar-refractivity contribution >= 4 is 55.8 Å². The summed E-state index contributed by atoms with van der Waals surface area (Å²) in [4.78, 5) is 12.2. The van der Waals surface area contributed by atoms with Crippen LogP contribution in [0.5, 0.6) is 0 Å². The van der Waals surface area contributed by atoms with Crippen LogP contribution in [-0.4, -0.2) is 23.3 Å². The fourth-order valence-electron chi connectivity index (χ4n) is 5.20. The topological polar surface area (TPSA) is 57.5 Å². The molecule has 2 heterocycles. The lowest BCUT2D eigenvalue weighted by Gasteiger charge is -2.47. The molecule has 1 spiro atoms. The van der Waals surface area contributed by atoms with E-state index in [2.05, 4.69) is 73.1 Å². The average Bonchev–Trinajstić information content (AvgIpc) is 3.39. The Balaban J connectivity index is 1.61. The van der Waals surface area contributed by atoms with E-state index in [0.29, 0.717) is 0 Å². The number of para-hydroxylation sites is 1. The molecule has 6 rings (SSSR count). The van der Waals surface area contributed by atoms with Crippen LogP contribution in [0.25, 0.3) is 0 Å². The van der Waals surface area contributed by atoms with Gasteiger partial charge >= 0.3 is 5.97 Å². The number of halogens is 1. The number of hydrogen-bond acceptors (Lipinski definition) is 7. The molecule has 0 saturated carbocycles. The van der Waals surface area contributed by atoms with Crippen LogP contribution in [-0.2, 0) is 19.9 Å². The Hall–Kier alpha value is -3.88. The minimum absolute atomic E-state index is 0.0391. The molecule has 2 aliphatic rings. The fraction of sp³-hybridized carbons (Fsp3) is 0.206. The minimum Gasteiger partial charge on any atom is -0.461 e. The normalized spacial score (nSPS) is 18.0. The van der Waals surface area contributed by atoms with Crippen molar-refractivity contribution in [1.29, 1.82) is 0 Å². The zero-order chi connectivity index (χ0) is 29.5. The number of carbonyl (C=O) groups excluding carboxylic acids is 1. The molecule has 0 fully saturated rings. The Kier molecular flexibility index (Phi) is 7.45. The molecule has 0 N–H and O–H groups in total. The van der Waals surface area contributed by atoms with Crippen molar-refractivity contribution in [3.05, 3.63) is 130 Å². The van der Waals surface area contributed by atoms with Crippen LogP contribution in [0.4, 0.5) is 11.4 Å². The predicted molar refractivity (Wildman–Crippen MR) is 176 cm³/mol. The van der Waals surface area contributed by atoms with Gasteiger partial charge in [-0.3, -0.25) is 0 Å². The molecule has 0 radical (unpaired) electrons. The molecule has 0 aliphatic carbocycles. The van der Waals surface area contributed by atoms with E-state index in [0.717, 1.165) is 38.2 Å². The highest BCUT2D eigenvalue weighted by Gasteiger charge is 2.56. The number of benzene rings is 4. The smallest absolute Gasteiger partial charge is 0.365 e. The van der Waals surface area contributed by atoms with Gasteiger partial charge in [0.15, 0.2) is 0 Å². The SMILES string of the molecule is CCOC(=O)C1=NN(c2ccc(Br)cc2)[C@]2(S1)c1ccccc1C(c1ccc(C(C)(C)C)cc1)=NN2c1ccccc1. The summed E-state index contributed by atoms with van der Waals surface area (Å²) < 4.78 is 6.39. The summed E-state index contributed by atoms with van der Waals surface area (Å²) in [6.45, 7) is 8.70. The van der Waals surface area contributed by atoms with Crippen molar-refractivity contribution < 1.29 is 9.53 Å². The zero-order valence-electron chi connectivity index (χ0n) is 23.9. The fourth-order valence-corrected chi connectivity index (χ4v) is 6.75. The number of thioether (sulfide) groups is 1. The number of ether oxygens (including phenoxy) is 1. The van der Waals surface area contributed by atoms with Crippen molar-refractivity contribution in [3.63, 3.8) is 0 Å². The lowest BCUT2D eigenvalue weighted by atomic mass is 9.85. The van der Waals surface area contributed by atoms with Crippen molar-refractivity contribution in [2.75, 3.05) is 16.6 Å². The van der Waals surface area contributed by atoms with Crippen LogP contribution in [0.1, 0.15) is 49.9 Å². The van der Waals surface area contributed by atoms with Crippen molar-refractivity contribution in [1.82, 2.24) is 0 Å². The quantitative estimate of drug-likeness (QED) is 0.206. The van der Waals surface area contributed by atoms with E-state index >= 15 is 0 Å². The molecule has 0 unspecified atom stereocenters. The Morgan fingerprint density at radius 1 is 0.833 bits per heavy atom. The maximum Gasteiger partial charge on any atom is 0.365 e. The molecule has 212 valence electrons. The summed E-state index contributed by atoms with van der Waals surface area (Å²) >= 11 is 4.90. The third-order valence-corrected chi connectivity index (χ3v) is 9.10. The first-order valence-corrected chi connectivity index (χ1v) is 15.5. The van der Waals surface area contributed by atoms with Crippen molar-refractivity contribution in [3.8, 4) is 0 Å². The van der Waals surface area contributed by atoms with E-state index in [9.17, 15) is 4.79 Å². The molecule has 1 atom stereocenters. The number of fused-ring (bicyclic) bond motifs is 2. The van der Waals surface area contributed by atoms with Crippen LogP contribution >= 0.6 is 27.7 Å². The van der Waals surface area contributed by atoms with Gasteiger partial charge in [0.2, 0.25) is 10.0 Å². The number of nitrogens with zero attached hydrogens (tertiary/aromatic N) is 4. The zero-order valence-corrected chi connectivity index (χ0v) is 26.3. The molecule has 0 amide bonds. The second-order valence-corrected chi connectivity index (χ2v) is 13.2. The third-order valence-electron chi connectivity index (χ3n) is 7.28. The highest BCUT2D eigenvalue weighted by molar-refractivity contribution is 9.10. The Bertz CT molecular complexity index is 1680. The molecule has 6 nitrogen and oxygen atoms in total. The van der Waals surface area contributed by atoms with Gasteiger partial charge in [0, 0.05) is 21.2 Å². The molecule has 4 aromatic rings. The van der Waals surface area contributed by atoms with Crippen LogP contribution in [0.2, 0.25) is 0 Å². The predicted octanol–water partition coefficient (Wildman–Crippen LogP) is 8.26. The van der Waals surface area contributed by atoms with Gasteiger partial charge in [-0.05, 0) is 66.1 Å². The lowest BCUT2D eigenvalue weighted by Crippen LogP contribution is -2.54. The van der Waals surface area contributed by atoms with E-state index in [-0.39, 0.29) is 17.1 Å². The number of rotatable bonds is 5. The van der Waals surface area contributed by atoms with Gasteiger partial charge in [-0.25, -0.2) is 14.8 Å². The van der Waals surface area contributed by atoms with Gasteiger partial charge < -0.3 is 4.74 Å². The van der Waals surface area contributed by atoms with Gasteiger partial charge in [0.1, 0.15) is 0 Å². The summed E-state index contributed by atoms with van der Waals surface area (Å²) in [6, 6.07) is 34.8. The van der Waals surface area contributed by atoms with E-state index in [1.165, 1.54) is 17.3 Å². The van der Waals surface area contributed by atoms with Crippen LogP contribution in [0, 0.1) is 0 Å². The molecule has 0 saturated heterocycles. The van der Waals surface area contributed by atoms with E-state index in [1.807, 2.05) is 76.7 Å². The van der Waals surface area contributed by atoms with Crippen molar-refractivity contribution in [2.45, 2.75) is 38.1 Å². The first kappa shape index (κ1) is 28.2. The standard InChI is InChI=1S/C34H31BrN4O2S/c1-5-41-32(40)31-37-39(27-21-19-25(35)20-22-27)34(42-31)29-14-10-9-13-28(29)30(36-38(34)26-11-7-6-8-12-26)23-15-17-24(18-16-23)33(2,3)4/h6-22H,5H2,1-4H3/t34-/m0/s1. The summed E-state index contributed by atoms with van der Waals surface area (Å²) in [5.74, 6) is -0.459. The van der Waals surface area contributed by atoms with E-state index < -0.39 is 11.0 Å². The first-order valence-electron chi connectivity index (χ1n) is 13.9. The van der Waals surface area contributed by atoms with E-state index in [4.69, 9.17) is 14.9 Å². The second kappa shape index (κ2) is 11.1. The van der Waals surface area contributed by atoms with Crippen LogP contribution < -0.4 is 10.0 Å². The van der Waals surface area contributed by atoms with Crippen LogP contribution in [0.15, 0.2) is 118 Å². The average molecular weight is 640 g/mol. The molecular formula is C34H31BrN4O2S. The van der Waals surface area contributed by atoms with Crippen LogP contribution in [0.3, 0.4) is 0 Å². The molecule has 4 aromatic carbocycles. The highest BCUT2D eigenvalue weighted by Crippen LogP contribution is 2.55. The van der Waals surface area contributed by atoms with Gasteiger partial charge in [0.25, 0.3) is 0 Å². The summed E-state index contributed by atoms with van der Waals surface area (Å²) in [7, 11) is 0. The molecule has 2 aliphatic heterocycles. The van der Waals surface area contributed by atoms with Gasteiger partial charge in [-0.2, -0.15) is 10.2 Å². The van der Waals surface area contributed by atoms with Crippen molar-refractivity contribution in [2.24, 2.45) is 10.2 Å². The third kappa shape index (κ3) is 4.92. The summed E-state index contributed by atoms with van der Waals surface area (Å²) in [5, 5.41) is 14.4. The molecule has 0 aromatic heterocycles. The summed E-state index contributed by atoms with van der Waals surface area (Å²) in [6.07, 6.45) is 0.